The molecule has 2 fully saturated rings. The Morgan fingerprint density at radius 1 is 1.26 bits per heavy atom. The van der Waals surface area contributed by atoms with Crippen LogP contribution < -0.4 is 10.2 Å². The molecule has 1 aromatic heterocycles. The average molecular weight is 317 g/mol. The van der Waals surface area contributed by atoms with Crippen molar-refractivity contribution < 1.29 is 4.79 Å². The lowest BCUT2D eigenvalue weighted by molar-refractivity contribution is -0.125. The first kappa shape index (κ1) is 16.2. The summed E-state index contributed by atoms with van der Waals surface area (Å²) < 4.78 is 0. The predicted octanol–water partition coefficient (Wildman–Crippen LogP) is 1.29. The molecule has 0 radical (unpaired) electrons. The lowest BCUT2D eigenvalue weighted by atomic mass is 9.97. The molecule has 0 saturated carbocycles. The summed E-state index contributed by atoms with van der Waals surface area (Å²) in [6, 6.07) is 2.33. The number of piperidine rings is 1. The number of nitrogens with zero attached hydrogens (tertiary/aromatic N) is 4. The van der Waals surface area contributed by atoms with Gasteiger partial charge in [-0.05, 0) is 44.8 Å². The SMILES string of the molecule is CCN1CCC[C@H]1CNC(=O)[C@@H]1CCCN(c2ncccn2)C1. The van der Waals surface area contributed by atoms with Crippen LogP contribution >= 0.6 is 0 Å². The molecule has 2 saturated heterocycles. The van der Waals surface area contributed by atoms with Crippen LogP contribution in [0.15, 0.2) is 18.5 Å². The van der Waals surface area contributed by atoms with Crippen LogP contribution in [0.1, 0.15) is 32.6 Å². The van der Waals surface area contributed by atoms with Crippen molar-refractivity contribution in [3.8, 4) is 0 Å². The number of carbonyl (C=O) groups is 1. The Morgan fingerprint density at radius 2 is 2.04 bits per heavy atom. The summed E-state index contributed by atoms with van der Waals surface area (Å²) >= 11 is 0. The van der Waals surface area contributed by atoms with E-state index in [-0.39, 0.29) is 11.8 Å². The quantitative estimate of drug-likeness (QED) is 0.887. The number of likely N-dealkylation sites (N-methyl/N-ethyl adjacent to an activating group) is 1. The van der Waals surface area contributed by atoms with Gasteiger partial charge in [-0.2, -0.15) is 0 Å². The predicted molar refractivity (Wildman–Crippen MR) is 90.2 cm³/mol. The number of carbonyl (C=O) groups excluding carboxylic acids is 1. The van der Waals surface area contributed by atoms with E-state index in [0.717, 1.165) is 45.0 Å². The normalized spacial score (nSPS) is 25.5. The van der Waals surface area contributed by atoms with Crippen LogP contribution in [-0.2, 0) is 4.79 Å². The molecule has 0 aromatic carbocycles. The van der Waals surface area contributed by atoms with Crippen LogP contribution in [0, 0.1) is 5.92 Å². The van der Waals surface area contributed by atoms with E-state index in [9.17, 15) is 4.79 Å². The number of hydrogen-bond donors (Lipinski definition) is 1. The third kappa shape index (κ3) is 3.99. The van der Waals surface area contributed by atoms with E-state index in [1.54, 1.807) is 12.4 Å². The molecule has 3 rings (SSSR count). The van der Waals surface area contributed by atoms with E-state index >= 15 is 0 Å². The molecule has 0 aliphatic carbocycles. The summed E-state index contributed by atoms with van der Waals surface area (Å²) in [5.74, 6) is 0.968. The number of amides is 1. The Labute approximate surface area is 138 Å². The van der Waals surface area contributed by atoms with Crippen LogP contribution in [0.5, 0.6) is 0 Å². The fourth-order valence-corrected chi connectivity index (χ4v) is 3.73. The van der Waals surface area contributed by atoms with Gasteiger partial charge in [0.2, 0.25) is 11.9 Å². The molecule has 23 heavy (non-hydrogen) atoms. The average Bonchev–Trinajstić information content (AvgIpc) is 3.08. The Kier molecular flexibility index (Phi) is 5.43. The largest absolute Gasteiger partial charge is 0.354 e. The zero-order valence-electron chi connectivity index (χ0n) is 13.9. The van der Waals surface area contributed by atoms with Crippen molar-refractivity contribution in [2.75, 3.05) is 37.6 Å². The summed E-state index contributed by atoms with van der Waals surface area (Å²) in [7, 11) is 0. The zero-order chi connectivity index (χ0) is 16.1. The second kappa shape index (κ2) is 7.73. The molecule has 2 aliphatic heterocycles. The van der Waals surface area contributed by atoms with E-state index in [4.69, 9.17) is 0 Å². The maximum absolute atomic E-state index is 12.5. The first-order valence-electron chi connectivity index (χ1n) is 8.81. The summed E-state index contributed by atoms with van der Waals surface area (Å²) in [4.78, 5) is 25.7. The van der Waals surface area contributed by atoms with Crippen LogP contribution in [0.3, 0.4) is 0 Å². The monoisotopic (exact) mass is 317 g/mol. The van der Waals surface area contributed by atoms with Crippen molar-refractivity contribution in [3.63, 3.8) is 0 Å². The Hall–Kier alpha value is -1.69. The van der Waals surface area contributed by atoms with E-state index in [1.165, 1.54) is 19.4 Å². The molecule has 0 bridgehead atoms. The molecule has 3 heterocycles. The fourth-order valence-electron chi connectivity index (χ4n) is 3.73. The van der Waals surface area contributed by atoms with Gasteiger partial charge in [0.05, 0.1) is 5.92 Å². The van der Waals surface area contributed by atoms with Crippen molar-refractivity contribution in [2.24, 2.45) is 5.92 Å². The highest BCUT2D eigenvalue weighted by atomic mass is 16.1. The number of nitrogens with one attached hydrogen (secondary N) is 1. The Bertz CT molecular complexity index is 509. The second-order valence-electron chi connectivity index (χ2n) is 6.50. The van der Waals surface area contributed by atoms with E-state index in [0.29, 0.717) is 6.04 Å². The van der Waals surface area contributed by atoms with Gasteiger partial charge in [-0.15, -0.1) is 0 Å². The van der Waals surface area contributed by atoms with Crippen LogP contribution in [0.4, 0.5) is 5.95 Å². The van der Waals surface area contributed by atoms with Gasteiger partial charge in [0.1, 0.15) is 0 Å². The minimum Gasteiger partial charge on any atom is -0.354 e. The van der Waals surface area contributed by atoms with Crippen molar-refractivity contribution in [1.82, 2.24) is 20.2 Å². The van der Waals surface area contributed by atoms with Gasteiger partial charge in [-0.25, -0.2) is 9.97 Å². The third-order valence-electron chi connectivity index (χ3n) is 5.04. The molecular weight excluding hydrogens is 290 g/mol. The molecular formula is C17H27N5O. The summed E-state index contributed by atoms with van der Waals surface area (Å²) in [6.07, 6.45) is 7.93. The number of anilines is 1. The molecule has 0 spiro atoms. The summed E-state index contributed by atoms with van der Waals surface area (Å²) in [5, 5.41) is 3.18. The summed E-state index contributed by atoms with van der Waals surface area (Å²) in [5.41, 5.74) is 0. The van der Waals surface area contributed by atoms with Crippen molar-refractivity contribution in [1.29, 1.82) is 0 Å². The Morgan fingerprint density at radius 3 is 2.83 bits per heavy atom. The van der Waals surface area contributed by atoms with Crippen molar-refractivity contribution in [3.05, 3.63) is 18.5 Å². The minimum absolute atomic E-state index is 0.0454. The molecule has 2 atom stereocenters. The lowest BCUT2D eigenvalue weighted by Gasteiger charge is -2.32. The first-order chi connectivity index (χ1) is 11.3. The van der Waals surface area contributed by atoms with Crippen LogP contribution in [-0.4, -0.2) is 59.5 Å². The van der Waals surface area contributed by atoms with Crippen molar-refractivity contribution in [2.45, 2.75) is 38.6 Å². The van der Waals surface area contributed by atoms with E-state index in [2.05, 4.69) is 32.0 Å². The topological polar surface area (TPSA) is 61.4 Å². The van der Waals surface area contributed by atoms with Gasteiger partial charge >= 0.3 is 0 Å². The number of hydrogen-bond acceptors (Lipinski definition) is 5. The highest BCUT2D eigenvalue weighted by Crippen LogP contribution is 2.21. The smallest absolute Gasteiger partial charge is 0.225 e. The molecule has 1 amide bonds. The van der Waals surface area contributed by atoms with Gasteiger partial charge < -0.3 is 10.2 Å². The van der Waals surface area contributed by atoms with Crippen LogP contribution in [0.25, 0.3) is 0 Å². The molecule has 1 aromatic rings. The van der Waals surface area contributed by atoms with E-state index < -0.39 is 0 Å². The standard InChI is InChI=1S/C17H27N5O/c1-2-21-10-4-7-15(21)12-20-16(23)14-6-3-11-22(13-14)17-18-8-5-9-19-17/h5,8-9,14-15H,2-4,6-7,10-13H2,1H3,(H,20,23)/t14-,15+/m1/s1. The number of rotatable bonds is 5. The first-order valence-corrected chi connectivity index (χ1v) is 8.81. The van der Waals surface area contributed by atoms with Gasteiger partial charge in [-0.3, -0.25) is 9.69 Å². The number of aromatic nitrogens is 2. The molecule has 126 valence electrons. The maximum atomic E-state index is 12.5. The van der Waals surface area contributed by atoms with Crippen molar-refractivity contribution >= 4 is 11.9 Å². The summed E-state index contributed by atoms with van der Waals surface area (Å²) in [6.45, 7) is 6.87. The highest BCUT2D eigenvalue weighted by Gasteiger charge is 2.28. The molecule has 2 aliphatic rings. The van der Waals surface area contributed by atoms with Gasteiger partial charge in [0.15, 0.2) is 0 Å². The second-order valence-corrected chi connectivity index (χ2v) is 6.50. The minimum atomic E-state index is 0.0454. The molecule has 0 unspecified atom stereocenters. The third-order valence-corrected chi connectivity index (χ3v) is 5.04. The van der Waals surface area contributed by atoms with Gasteiger partial charge in [-0.1, -0.05) is 6.92 Å². The fraction of sp³-hybridized carbons (Fsp3) is 0.706. The lowest BCUT2D eigenvalue weighted by Crippen LogP contribution is -2.46. The molecule has 6 nitrogen and oxygen atoms in total. The molecule has 1 N–H and O–H groups in total. The maximum Gasteiger partial charge on any atom is 0.225 e. The number of likely N-dealkylation sites (tertiary alicyclic amines) is 1. The van der Waals surface area contributed by atoms with E-state index in [1.807, 2.05) is 6.07 Å². The van der Waals surface area contributed by atoms with Gasteiger partial charge in [0, 0.05) is 38.1 Å². The molecule has 6 heteroatoms. The Balaban J connectivity index is 1.51. The highest BCUT2D eigenvalue weighted by molar-refractivity contribution is 5.79. The van der Waals surface area contributed by atoms with Gasteiger partial charge in [0.25, 0.3) is 0 Å². The van der Waals surface area contributed by atoms with Crippen LogP contribution in [0.2, 0.25) is 0 Å². The zero-order valence-corrected chi connectivity index (χ0v) is 13.9.